The topological polar surface area (TPSA) is 26.3 Å². The third-order valence-corrected chi connectivity index (χ3v) is 5.04. The molecule has 0 atom stereocenters. The maximum Gasteiger partial charge on any atom is 0.490 e. The highest BCUT2D eigenvalue weighted by atomic mass is 19.4. The summed E-state index contributed by atoms with van der Waals surface area (Å²) in [5.74, 6) is -0.153. The van der Waals surface area contributed by atoms with Gasteiger partial charge in [0.15, 0.2) is 0 Å². The summed E-state index contributed by atoms with van der Waals surface area (Å²) in [6, 6.07) is 0. The van der Waals surface area contributed by atoms with Gasteiger partial charge in [-0.15, -0.1) is 6.58 Å². The number of carbonyl (C=O) groups is 1. The van der Waals surface area contributed by atoms with Gasteiger partial charge in [0.2, 0.25) is 0 Å². The van der Waals surface area contributed by atoms with E-state index < -0.39 is 18.2 Å². The maximum atomic E-state index is 12.2. The Balaban J connectivity index is 1.74. The van der Waals surface area contributed by atoms with Crippen LogP contribution in [0.4, 0.5) is 13.2 Å². The lowest BCUT2D eigenvalue weighted by atomic mass is 9.70. The van der Waals surface area contributed by atoms with E-state index in [2.05, 4.69) is 11.3 Å². The van der Waals surface area contributed by atoms with E-state index in [1.165, 1.54) is 25.7 Å². The average Bonchev–Trinajstić information content (AvgIpc) is 2.47. The van der Waals surface area contributed by atoms with Crippen molar-refractivity contribution in [3.63, 3.8) is 0 Å². The zero-order valence-electron chi connectivity index (χ0n) is 12.2. The molecule has 2 aliphatic carbocycles. The van der Waals surface area contributed by atoms with E-state index in [1.54, 1.807) is 0 Å². The predicted octanol–water partition coefficient (Wildman–Crippen LogP) is 4.64. The lowest BCUT2D eigenvalue weighted by molar-refractivity contribution is -0.206. The van der Waals surface area contributed by atoms with Crippen LogP contribution in [0.2, 0.25) is 0 Å². The molecule has 0 bridgehead atoms. The number of hydrogen-bond donors (Lipinski definition) is 0. The first-order chi connectivity index (χ1) is 9.90. The van der Waals surface area contributed by atoms with E-state index in [-0.39, 0.29) is 0 Å². The van der Waals surface area contributed by atoms with Crippen LogP contribution in [0, 0.1) is 17.8 Å². The van der Waals surface area contributed by atoms with Gasteiger partial charge in [-0.05, 0) is 69.1 Å². The summed E-state index contributed by atoms with van der Waals surface area (Å²) < 4.78 is 41.0. The normalized spacial score (nSPS) is 34.2. The first kappa shape index (κ1) is 16.4. The molecule has 2 aliphatic rings. The molecule has 2 saturated carbocycles. The Morgan fingerprint density at radius 1 is 0.952 bits per heavy atom. The molecule has 120 valence electrons. The molecule has 0 amide bonds. The second-order valence-electron chi connectivity index (χ2n) is 6.35. The molecule has 0 aromatic carbocycles. The van der Waals surface area contributed by atoms with Gasteiger partial charge in [-0.2, -0.15) is 13.2 Å². The molecule has 0 aromatic heterocycles. The SMILES string of the molecule is C=CC1CCC(C2CCC(OC(=O)C(F)(F)F)CC2)CC1. The first-order valence-corrected chi connectivity index (χ1v) is 7.80. The number of ether oxygens (including phenoxy) is 1. The predicted molar refractivity (Wildman–Crippen MR) is 73.5 cm³/mol. The molecule has 0 heterocycles. The Bertz CT molecular complexity index is 362. The van der Waals surface area contributed by atoms with Crippen molar-refractivity contribution in [1.29, 1.82) is 0 Å². The molecule has 0 radical (unpaired) electrons. The van der Waals surface area contributed by atoms with Gasteiger partial charge in [-0.3, -0.25) is 0 Å². The molecule has 2 fully saturated rings. The van der Waals surface area contributed by atoms with E-state index in [0.29, 0.717) is 30.6 Å². The lowest BCUT2D eigenvalue weighted by Gasteiger charge is -2.37. The zero-order chi connectivity index (χ0) is 15.5. The largest absolute Gasteiger partial charge is 0.490 e. The van der Waals surface area contributed by atoms with Gasteiger partial charge in [0, 0.05) is 0 Å². The van der Waals surface area contributed by atoms with Crippen LogP contribution in [0.3, 0.4) is 0 Å². The smallest absolute Gasteiger partial charge is 0.456 e. The van der Waals surface area contributed by atoms with Crippen LogP contribution < -0.4 is 0 Å². The van der Waals surface area contributed by atoms with Gasteiger partial charge >= 0.3 is 12.1 Å². The van der Waals surface area contributed by atoms with E-state index >= 15 is 0 Å². The summed E-state index contributed by atoms with van der Waals surface area (Å²) in [6.45, 7) is 3.84. The van der Waals surface area contributed by atoms with Gasteiger partial charge in [-0.25, -0.2) is 4.79 Å². The first-order valence-electron chi connectivity index (χ1n) is 7.80. The maximum absolute atomic E-state index is 12.2. The summed E-state index contributed by atoms with van der Waals surface area (Å²) in [5, 5.41) is 0. The van der Waals surface area contributed by atoms with Gasteiger partial charge in [-0.1, -0.05) is 6.08 Å². The molecular formula is C16H23F3O2. The van der Waals surface area contributed by atoms with Crippen molar-refractivity contribution in [2.24, 2.45) is 17.8 Å². The Morgan fingerprint density at radius 3 is 1.86 bits per heavy atom. The standard InChI is InChI=1S/C16H23F3O2/c1-2-11-3-5-12(6-4-11)13-7-9-14(10-8-13)21-15(20)16(17,18)19/h2,11-14H,1,3-10H2. The van der Waals surface area contributed by atoms with Gasteiger partial charge in [0.05, 0.1) is 0 Å². The average molecular weight is 304 g/mol. The molecule has 2 rings (SSSR count). The second kappa shape index (κ2) is 6.84. The number of esters is 1. The molecule has 0 N–H and O–H groups in total. The summed E-state index contributed by atoms with van der Waals surface area (Å²) in [5.41, 5.74) is 0. The number of rotatable bonds is 3. The molecule has 0 aliphatic heterocycles. The number of alkyl halides is 3. The van der Waals surface area contributed by atoms with Crippen LogP contribution in [0.15, 0.2) is 12.7 Å². The molecule has 2 nitrogen and oxygen atoms in total. The number of hydrogen-bond acceptors (Lipinski definition) is 2. The minimum absolute atomic E-state index is 0.556. The monoisotopic (exact) mass is 304 g/mol. The van der Waals surface area contributed by atoms with Crippen molar-refractivity contribution in [3.8, 4) is 0 Å². The van der Waals surface area contributed by atoms with Crippen molar-refractivity contribution < 1.29 is 22.7 Å². The van der Waals surface area contributed by atoms with Gasteiger partial charge in [0.1, 0.15) is 6.10 Å². The van der Waals surface area contributed by atoms with Crippen LogP contribution in [0.25, 0.3) is 0 Å². The minimum Gasteiger partial charge on any atom is -0.456 e. The fourth-order valence-corrected chi connectivity index (χ4v) is 3.75. The van der Waals surface area contributed by atoms with Gasteiger partial charge < -0.3 is 4.74 Å². The Hall–Kier alpha value is -1.00. The molecule has 0 spiro atoms. The van der Waals surface area contributed by atoms with E-state index in [0.717, 1.165) is 12.8 Å². The van der Waals surface area contributed by atoms with E-state index in [4.69, 9.17) is 0 Å². The quantitative estimate of drug-likeness (QED) is 0.560. The van der Waals surface area contributed by atoms with Gasteiger partial charge in [0.25, 0.3) is 0 Å². The molecule has 21 heavy (non-hydrogen) atoms. The number of carbonyl (C=O) groups excluding carboxylic acids is 1. The Morgan fingerprint density at radius 2 is 1.43 bits per heavy atom. The second-order valence-corrected chi connectivity index (χ2v) is 6.35. The Labute approximate surface area is 123 Å². The fourth-order valence-electron chi connectivity index (χ4n) is 3.75. The minimum atomic E-state index is -4.88. The third kappa shape index (κ3) is 4.48. The zero-order valence-corrected chi connectivity index (χ0v) is 12.2. The fraction of sp³-hybridized carbons (Fsp3) is 0.812. The van der Waals surface area contributed by atoms with Crippen molar-refractivity contribution in [1.82, 2.24) is 0 Å². The van der Waals surface area contributed by atoms with Crippen molar-refractivity contribution in [2.45, 2.75) is 63.6 Å². The van der Waals surface area contributed by atoms with Crippen LogP contribution in [-0.2, 0) is 9.53 Å². The van der Waals surface area contributed by atoms with E-state index in [1.807, 2.05) is 6.08 Å². The molecular weight excluding hydrogens is 281 g/mol. The van der Waals surface area contributed by atoms with Crippen LogP contribution >= 0.6 is 0 Å². The molecule has 0 aromatic rings. The van der Waals surface area contributed by atoms with Crippen LogP contribution in [-0.4, -0.2) is 18.2 Å². The highest BCUT2D eigenvalue weighted by Gasteiger charge is 2.43. The summed E-state index contributed by atoms with van der Waals surface area (Å²) in [4.78, 5) is 10.8. The summed E-state index contributed by atoms with van der Waals surface area (Å²) >= 11 is 0. The molecule has 0 unspecified atom stereocenters. The third-order valence-electron chi connectivity index (χ3n) is 5.04. The van der Waals surface area contributed by atoms with Crippen LogP contribution in [0.5, 0.6) is 0 Å². The van der Waals surface area contributed by atoms with Crippen molar-refractivity contribution >= 4 is 5.97 Å². The lowest BCUT2D eigenvalue weighted by Crippen LogP contribution is -2.33. The number of halogens is 3. The van der Waals surface area contributed by atoms with Crippen LogP contribution in [0.1, 0.15) is 51.4 Å². The number of allylic oxidation sites excluding steroid dienone is 1. The Kier molecular flexibility index (Phi) is 5.33. The highest BCUT2D eigenvalue weighted by molar-refractivity contribution is 5.75. The highest BCUT2D eigenvalue weighted by Crippen LogP contribution is 2.40. The van der Waals surface area contributed by atoms with Crippen molar-refractivity contribution in [3.05, 3.63) is 12.7 Å². The van der Waals surface area contributed by atoms with E-state index in [9.17, 15) is 18.0 Å². The molecule has 5 heteroatoms. The van der Waals surface area contributed by atoms with Crippen molar-refractivity contribution in [2.75, 3.05) is 0 Å². The summed E-state index contributed by atoms with van der Waals surface area (Å²) in [7, 11) is 0. The molecule has 0 saturated heterocycles. The summed E-state index contributed by atoms with van der Waals surface area (Å²) in [6.07, 6.45) is 4.21.